The minimum absolute atomic E-state index is 0.0147. The molecule has 0 saturated carbocycles. The number of anilines is 1. The standard InChI is InChI=1S/C20H25N5O2S/c1-13-15(3)28-20(23-13)24-17(26)10-5-4-7-11-21-19(27)18-14(2)22-16-9-6-8-12-25(16)18/h6,8-9,12H,4-5,7,10-11H2,1-3H3,(H,21,27)(H,23,24,26). The molecule has 0 aliphatic carbocycles. The number of aromatic nitrogens is 3. The number of imidazole rings is 1. The van der Waals surface area contributed by atoms with Crippen LogP contribution < -0.4 is 10.6 Å². The molecule has 0 aliphatic heterocycles. The third-order valence-electron chi connectivity index (χ3n) is 4.56. The molecule has 0 atom stereocenters. The Labute approximate surface area is 168 Å². The highest BCUT2D eigenvalue weighted by Crippen LogP contribution is 2.21. The summed E-state index contributed by atoms with van der Waals surface area (Å²) in [5.41, 5.74) is 3.01. The van der Waals surface area contributed by atoms with Crippen LogP contribution in [0.2, 0.25) is 0 Å². The number of hydrogen-bond donors (Lipinski definition) is 2. The van der Waals surface area contributed by atoms with Crippen molar-refractivity contribution in [3.05, 3.63) is 46.4 Å². The normalized spacial score (nSPS) is 11.0. The first-order valence-electron chi connectivity index (χ1n) is 9.41. The van der Waals surface area contributed by atoms with Crippen molar-refractivity contribution < 1.29 is 9.59 Å². The highest BCUT2D eigenvalue weighted by molar-refractivity contribution is 7.15. The van der Waals surface area contributed by atoms with E-state index in [1.54, 1.807) is 4.40 Å². The zero-order chi connectivity index (χ0) is 20.1. The van der Waals surface area contributed by atoms with E-state index in [0.29, 0.717) is 29.5 Å². The number of carbonyl (C=O) groups is 2. The molecule has 148 valence electrons. The van der Waals surface area contributed by atoms with Crippen LogP contribution in [0.15, 0.2) is 24.4 Å². The first kappa shape index (κ1) is 20.0. The van der Waals surface area contributed by atoms with Crippen LogP contribution in [0, 0.1) is 20.8 Å². The molecule has 0 saturated heterocycles. The summed E-state index contributed by atoms with van der Waals surface area (Å²) in [6.45, 7) is 6.34. The van der Waals surface area contributed by atoms with Crippen LogP contribution in [-0.4, -0.2) is 32.7 Å². The minimum atomic E-state index is -0.122. The SMILES string of the molecule is Cc1nc(NC(=O)CCCCCNC(=O)c2c(C)nc3ccccn23)sc1C. The number of rotatable bonds is 8. The van der Waals surface area contributed by atoms with Crippen LogP contribution in [0.5, 0.6) is 0 Å². The van der Waals surface area contributed by atoms with Crippen molar-refractivity contribution in [2.24, 2.45) is 0 Å². The number of nitrogens with one attached hydrogen (secondary N) is 2. The summed E-state index contributed by atoms with van der Waals surface area (Å²) < 4.78 is 1.80. The van der Waals surface area contributed by atoms with Gasteiger partial charge in [0.15, 0.2) is 5.13 Å². The lowest BCUT2D eigenvalue weighted by Gasteiger charge is -2.06. The molecule has 2 amide bonds. The number of thiazole rings is 1. The summed E-state index contributed by atoms with van der Waals surface area (Å²) in [4.78, 5) is 34.3. The van der Waals surface area contributed by atoms with Crippen molar-refractivity contribution in [2.45, 2.75) is 46.5 Å². The van der Waals surface area contributed by atoms with Crippen LogP contribution in [0.4, 0.5) is 5.13 Å². The Morgan fingerprint density at radius 1 is 1.07 bits per heavy atom. The molecule has 0 unspecified atom stereocenters. The predicted molar refractivity (Wildman–Crippen MR) is 111 cm³/mol. The number of pyridine rings is 1. The first-order valence-corrected chi connectivity index (χ1v) is 10.2. The van der Waals surface area contributed by atoms with E-state index in [1.165, 1.54) is 11.3 Å². The van der Waals surface area contributed by atoms with E-state index in [2.05, 4.69) is 20.6 Å². The van der Waals surface area contributed by atoms with Gasteiger partial charge >= 0.3 is 0 Å². The van der Waals surface area contributed by atoms with E-state index < -0.39 is 0 Å². The zero-order valence-corrected chi connectivity index (χ0v) is 17.2. The molecular weight excluding hydrogens is 374 g/mol. The highest BCUT2D eigenvalue weighted by Gasteiger charge is 2.15. The van der Waals surface area contributed by atoms with E-state index in [4.69, 9.17) is 0 Å². The molecular formula is C20H25N5O2S. The Hall–Kier alpha value is -2.74. The topological polar surface area (TPSA) is 88.4 Å². The van der Waals surface area contributed by atoms with Crippen molar-refractivity contribution in [1.29, 1.82) is 0 Å². The fraction of sp³-hybridized carbons (Fsp3) is 0.400. The van der Waals surface area contributed by atoms with Gasteiger partial charge in [-0.15, -0.1) is 11.3 Å². The van der Waals surface area contributed by atoms with Gasteiger partial charge in [0.25, 0.3) is 5.91 Å². The minimum Gasteiger partial charge on any atom is -0.351 e. The molecule has 0 fully saturated rings. The Bertz CT molecular complexity index is 972. The first-order chi connectivity index (χ1) is 13.5. The van der Waals surface area contributed by atoms with Crippen LogP contribution in [0.3, 0.4) is 0 Å². The van der Waals surface area contributed by atoms with Gasteiger partial charge in [-0.25, -0.2) is 9.97 Å². The fourth-order valence-electron chi connectivity index (χ4n) is 2.97. The third kappa shape index (κ3) is 4.75. The van der Waals surface area contributed by atoms with E-state index >= 15 is 0 Å². The van der Waals surface area contributed by atoms with E-state index in [9.17, 15) is 9.59 Å². The predicted octanol–water partition coefficient (Wildman–Crippen LogP) is 3.64. The van der Waals surface area contributed by atoms with Crippen molar-refractivity contribution in [3.8, 4) is 0 Å². The number of unbranched alkanes of at least 4 members (excludes halogenated alkanes) is 2. The average Bonchev–Trinajstić information content (AvgIpc) is 3.15. The Morgan fingerprint density at radius 3 is 2.64 bits per heavy atom. The second kappa shape index (κ2) is 8.97. The summed E-state index contributed by atoms with van der Waals surface area (Å²) >= 11 is 1.50. The smallest absolute Gasteiger partial charge is 0.270 e. The Morgan fingerprint density at radius 2 is 1.89 bits per heavy atom. The maximum Gasteiger partial charge on any atom is 0.270 e. The molecule has 0 aromatic carbocycles. The summed E-state index contributed by atoms with van der Waals surface area (Å²) in [6, 6.07) is 5.66. The number of aryl methyl sites for hydroxylation is 3. The molecule has 3 aromatic rings. The van der Waals surface area contributed by atoms with Gasteiger partial charge in [0.05, 0.1) is 11.4 Å². The molecule has 0 radical (unpaired) electrons. The fourth-order valence-corrected chi connectivity index (χ4v) is 3.80. The Kier molecular flexibility index (Phi) is 6.41. The van der Waals surface area contributed by atoms with Gasteiger partial charge in [-0.1, -0.05) is 12.5 Å². The van der Waals surface area contributed by atoms with Gasteiger partial charge in [-0.05, 0) is 45.7 Å². The van der Waals surface area contributed by atoms with Crippen LogP contribution in [-0.2, 0) is 4.79 Å². The number of hydrogen-bond acceptors (Lipinski definition) is 5. The van der Waals surface area contributed by atoms with E-state index in [-0.39, 0.29) is 11.8 Å². The van der Waals surface area contributed by atoms with Gasteiger partial charge < -0.3 is 10.6 Å². The molecule has 2 N–H and O–H groups in total. The van der Waals surface area contributed by atoms with Crippen molar-refractivity contribution in [2.75, 3.05) is 11.9 Å². The lowest BCUT2D eigenvalue weighted by atomic mass is 10.2. The van der Waals surface area contributed by atoms with Gasteiger partial charge in [0.1, 0.15) is 11.3 Å². The van der Waals surface area contributed by atoms with Crippen molar-refractivity contribution >= 4 is 33.9 Å². The number of nitrogens with zero attached hydrogens (tertiary/aromatic N) is 3. The highest BCUT2D eigenvalue weighted by atomic mass is 32.1. The molecule has 3 heterocycles. The van der Waals surface area contributed by atoms with Crippen LogP contribution >= 0.6 is 11.3 Å². The number of fused-ring (bicyclic) bond motifs is 1. The Balaban J connectivity index is 1.37. The molecule has 0 bridgehead atoms. The molecule has 3 aromatic heterocycles. The monoisotopic (exact) mass is 399 g/mol. The van der Waals surface area contributed by atoms with Gasteiger partial charge in [-0.2, -0.15) is 0 Å². The van der Waals surface area contributed by atoms with E-state index in [0.717, 1.165) is 35.5 Å². The van der Waals surface area contributed by atoms with Crippen molar-refractivity contribution in [3.63, 3.8) is 0 Å². The van der Waals surface area contributed by atoms with Crippen molar-refractivity contribution in [1.82, 2.24) is 19.7 Å². The average molecular weight is 400 g/mol. The maximum absolute atomic E-state index is 12.5. The lowest BCUT2D eigenvalue weighted by molar-refractivity contribution is -0.116. The van der Waals surface area contributed by atoms with Gasteiger partial charge in [0.2, 0.25) is 5.91 Å². The molecule has 0 spiro atoms. The molecule has 3 rings (SSSR count). The quantitative estimate of drug-likeness (QED) is 0.566. The summed E-state index contributed by atoms with van der Waals surface area (Å²) in [6.07, 6.45) is 4.77. The maximum atomic E-state index is 12.5. The molecule has 8 heteroatoms. The molecule has 7 nitrogen and oxygen atoms in total. The van der Waals surface area contributed by atoms with Crippen LogP contribution in [0.1, 0.15) is 52.4 Å². The van der Waals surface area contributed by atoms with Gasteiger partial charge in [0, 0.05) is 24.0 Å². The lowest BCUT2D eigenvalue weighted by Crippen LogP contribution is -2.26. The molecule has 28 heavy (non-hydrogen) atoms. The second-order valence-electron chi connectivity index (χ2n) is 6.75. The number of carbonyl (C=O) groups excluding carboxylic acids is 2. The molecule has 0 aliphatic rings. The second-order valence-corrected chi connectivity index (χ2v) is 7.95. The van der Waals surface area contributed by atoms with Crippen LogP contribution in [0.25, 0.3) is 5.65 Å². The van der Waals surface area contributed by atoms with E-state index in [1.807, 2.05) is 45.2 Å². The number of amides is 2. The third-order valence-corrected chi connectivity index (χ3v) is 5.55. The summed E-state index contributed by atoms with van der Waals surface area (Å²) in [7, 11) is 0. The van der Waals surface area contributed by atoms with Gasteiger partial charge in [-0.3, -0.25) is 14.0 Å². The summed E-state index contributed by atoms with van der Waals surface area (Å²) in [5.74, 6) is -0.136. The summed E-state index contributed by atoms with van der Waals surface area (Å²) in [5, 5.41) is 6.45. The zero-order valence-electron chi connectivity index (χ0n) is 16.4. The largest absolute Gasteiger partial charge is 0.351 e.